The number of carbonyl (C=O) groups is 3. The zero-order valence-corrected chi connectivity index (χ0v) is 15.7. The molecule has 0 bridgehead atoms. The molecule has 0 saturated heterocycles. The zero-order valence-electron chi connectivity index (χ0n) is 14.9. The minimum absolute atomic E-state index is 0.125. The van der Waals surface area contributed by atoms with E-state index in [9.17, 15) is 14.4 Å². The zero-order chi connectivity index (χ0) is 19.3. The molecule has 138 valence electrons. The van der Waals surface area contributed by atoms with Crippen LogP contribution in [0.4, 0.5) is 5.00 Å². The minimum Gasteiger partial charge on any atom is -0.493 e. The lowest BCUT2D eigenvalue weighted by molar-refractivity contribution is 0.0601. The minimum atomic E-state index is -0.651. The van der Waals surface area contributed by atoms with Gasteiger partial charge in [-0.2, -0.15) is 0 Å². The largest absolute Gasteiger partial charge is 0.493 e. The third-order valence-corrected chi connectivity index (χ3v) is 4.75. The Kier molecular flexibility index (Phi) is 6.35. The molecule has 8 heteroatoms. The molecule has 1 amide bonds. The predicted octanol–water partition coefficient (Wildman–Crippen LogP) is 3.28. The molecule has 2 aromatic rings. The van der Waals surface area contributed by atoms with E-state index in [1.54, 1.807) is 31.2 Å². The molecule has 1 heterocycles. The first-order chi connectivity index (χ1) is 12.4. The highest BCUT2D eigenvalue weighted by molar-refractivity contribution is 7.18. The summed E-state index contributed by atoms with van der Waals surface area (Å²) in [4.78, 5) is 36.9. The van der Waals surface area contributed by atoms with Crippen molar-refractivity contribution in [2.75, 3.05) is 26.1 Å². The molecule has 7 nitrogen and oxygen atoms in total. The first-order valence-electron chi connectivity index (χ1n) is 7.77. The van der Waals surface area contributed by atoms with Gasteiger partial charge in [0.25, 0.3) is 5.91 Å². The van der Waals surface area contributed by atoms with Gasteiger partial charge in [0.1, 0.15) is 15.6 Å². The van der Waals surface area contributed by atoms with E-state index in [4.69, 9.17) is 14.2 Å². The smallest absolute Gasteiger partial charge is 0.348 e. The fourth-order valence-electron chi connectivity index (χ4n) is 2.34. The van der Waals surface area contributed by atoms with Gasteiger partial charge in [-0.1, -0.05) is 12.1 Å². The van der Waals surface area contributed by atoms with E-state index in [0.29, 0.717) is 23.5 Å². The number of nitrogens with one attached hydrogen (secondary N) is 1. The number of esters is 2. The number of ether oxygens (including phenoxy) is 3. The fraction of sp³-hybridized carbons (Fsp3) is 0.278. The second kappa shape index (κ2) is 8.48. The van der Waals surface area contributed by atoms with E-state index in [2.05, 4.69) is 5.32 Å². The van der Waals surface area contributed by atoms with Crippen molar-refractivity contribution < 1.29 is 28.6 Å². The first-order valence-corrected chi connectivity index (χ1v) is 8.59. The van der Waals surface area contributed by atoms with Crippen LogP contribution in [0.1, 0.15) is 42.9 Å². The van der Waals surface area contributed by atoms with E-state index < -0.39 is 17.8 Å². The number of anilines is 1. The normalized spacial score (nSPS) is 10.2. The molecule has 0 fully saturated rings. The summed E-state index contributed by atoms with van der Waals surface area (Å²) in [7, 11) is 2.48. The molecule has 0 spiro atoms. The van der Waals surface area contributed by atoms with Gasteiger partial charge in [0, 0.05) is 0 Å². The maximum absolute atomic E-state index is 12.7. The lowest BCUT2D eigenvalue weighted by Crippen LogP contribution is -2.15. The van der Waals surface area contributed by atoms with Gasteiger partial charge in [-0.05, 0) is 31.5 Å². The Labute approximate surface area is 154 Å². The summed E-state index contributed by atoms with van der Waals surface area (Å²) in [6.07, 6.45) is 0. The number of amides is 1. The van der Waals surface area contributed by atoms with E-state index in [0.717, 1.165) is 11.3 Å². The van der Waals surface area contributed by atoms with Gasteiger partial charge in [-0.3, -0.25) is 4.79 Å². The van der Waals surface area contributed by atoms with Crippen LogP contribution in [0, 0.1) is 6.92 Å². The van der Waals surface area contributed by atoms with Gasteiger partial charge in [0.2, 0.25) is 0 Å². The van der Waals surface area contributed by atoms with Gasteiger partial charge < -0.3 is 19.5 Å². The number of rotatable bonds is 6. The topological polar surface area (TPSA) is 90.9 Å². The van der Waals surface area contributed by atoms with Crippen molar-refractivity contribution in [1.29, 1.82) is 0 Å². The van der Waals surface area contributed by atoms with Crippen LogP contribution in [0.3, 0.4) is 0 Å². The van der Waals surface area contributed by atoms with Gasteiger partial charge in [-0.15, -0.1) is 11.3 Å². The standard InChI is InChI=1S/C18H19NO6S/c1-5-25-12-9-7-6-8-11(12)15(20)19-16-13(17(21)23-3)10(2)14(26-16)18(22)24-4/h6-9H,5H2,1-4H3,(H,19,20). The molecule has 0 aliphatic heterocycles. The molecular weight excluding hydrogens is 358 g/mol. The Morgan fingerprint density at radius 1 is 1.08 bits per heavy atom. The number of methoxy groups -OCH3 is 2. The highest BCUT2D eigenvalue weighted by atomic mass is 32.1. The van der Waals surface area contributed by atoms with Crippen LogP contribution in [-0.4, -0.2) is 38.7 Å². The Hall–Kier alpha value is -2.87. The molecule has 1 N–H and O–H groups in total. The quantitative estimate of drug-likeness (QED) is 0.777. The monoisotopic (exact) mass is 377 g/mol. The maximum atomic E-state index is 12.7. The van der Waals surface area contributed by atoms with Crippen molar-refractivity contribution in [1.82, 2.24) is 0 Å². The van der Waals surface area contributed by atoms with E-state index >= 15 is 0 Å². The van der Waals surface area contributed by atoms with E-state index in [1.165, 1.54) is 14.2 Å². The van der Waals surface area contributed by atoms with Crippen LogP contribution < -0.4 is 10.1 Å². The van der Waals surface area contributed by atoms with Crippen LogP contribution in [0.2, 0.25) is 0 Å². The number of para-hydroxylation sites is 1. The third-order valence-electron chi connectivity index (χ3n) is 3.57. The Balaban J connectivity index is 2.44. The van der Waals surface area contributed by atoms with E-state index in [1.807, 2.05) is 6.92 Å². The number of hydrogen-bond acceptors (Lipinski definition) is 7. The first kappa shape index (κ1) is 19.5. The van der Waals surface area contributed by atoms with Crippen LogP contribution in [0.15, 0.2) is 24.3 Å². The number of benzene rings is 1. The van der Waals surface area contributed by atoms with Gasteiger partial charge in [-0.25, -0.2) is 9.59 Å². The van der Waals surface area contributed by atoms with Crippen molar-refractivity contribution >= 4 is 34.2 Å². The molecule has 0 aliphatic carbocycles. The summed E-state index contributed by atoms with van der Waals surface area (Å²) in [6.45, 7) is 3.82. The molecule has 0 radical (unpaired) electrons. The maximum Gasteiger partial charge on any atom is 0.348 e. The Bertz CT molecular complexity index is 842. The average molecular weight is 377 g/mol. The number of carbonyl (C=O) groups excluding carboxylic acids is 3. The molecule has 26 heavy (non-hydrogen) atoms. The van der Waals surface area contributed by atoms with Gasteiger partial charge >= 0.3 is 11.9 Å². The number of hydrogen-bond donors (Lipinski definition) is 1. The van der Waals surface area contributed by atoms with Crippen molar-refractivity contribution in [3.63, 3.8) is 0 Å². The summed E-state index contributed by atoms with van der Waals surface area (Å²) in [5.74, 6) is -1.28. The molecule has 2 rings (SSSR count). The summed E-state index contributed by atoms with van der Waals surface area (Å²) < 4.78 is 15.0. The summed E-state index contributed by atoms with van der Waals surface area (Å²) >= 11 is 0.957. The number of thiophene rings is 1. The molecule has 1 aromatic heterocycles. The molecule has 0 aliphatic rings. The summed E-state index contributed by atoms with van der Waals surface area (Å²) in [5.41, 5.74) is 0.832. The predicted molar refractivity (Wildman–Crippen MR) is 97.3 cm³/mol. The second-order valence-corrected chi connectivity index (χ2v) is 6.15. The Morgan fingerprint density at radius 2 is 1.73 bits per heavy atom. The Morgan fingerprint density at radius 3 is 2.35 bits per heavy atom. The highest BCUT2D eigenvalue weighted by Gasteiger charge is 2.27. The fourth-order valence-corrected chi connectivity index (χ4v) is 3.45. The molecule has 0 saturated carbocycles. The third kappa shape index (κ3) is 3.85. The van der Waals surface area contributed by atoms with E-state index in [-0.39, 0.29) is 15.4 Å². The van der Waals surface area contributed by atoms with Crippen molar-refractivity contribution in [3.05, 3.63) is 45.8 Å². The highest BCUT2D eigenvalue weighted by Crippen LogP contribution is 2.35. The van der Waals surface area contributed by atoms with Crippen LogP contribution in [0.25, 0.3) is 0 Å². The second-order valence-electron chi connectivity index (χ2n) is 5.13. The van der Waals surface area contributed by atoms with Crippen molar-refractivity contribution in [2.45, 2.75) is 13.8 Å². The molecular formula is C18H19NO6S. The summed E-state index contributed by atoms with van der Waals surface area (Å²) in [5, 5.41) is 2.89. The summed E-state index contributed by atoms with van der Waals surface area (Å²) in [6, 6.07) is 6.75. The van der Waals surface area contributed by atoms with Gasteiger partial charge in [0.05, 0.1) is 32.0 Å². The molecule has 1 aromatic carbocycles. The molecule has 0 unspecified atom stereocenters. The average Bonchev–Trinajstić information content (AvgIpc) is 2.97. The van der Waals surface area contributed by atoms with Crippen molar-refractivity contribution in [3.8, 4) is 5.75 Å². The SMILES string of the molecule is CCOc1ccccc1C(=O)Nc1sc(C(=O)OC)c(C)c1C(=O)OC. The van der Waals surface area contributed by atoms with Gasteiger partial charge in [0.15, 0.2) is 0 Å². The lowest BCUT2D eigenvalue weighted by Gasteiger charge is -2.10. The molecule has 0 atom stereocenters. The van der Waals surface area contributed by atoms with Crippen LogP contribution >= 0.6 is 11.3 Å². The van der Waals surface area contributed by atoms with Crippen LogP contribution in [-0.2, 0) is 9.47 Å². The lowest BCUT2D eigenvalue weighted by atomic mass is 10.1. The van der Waals surface area contributed by atoms with Crippen LogP contribution in [0.5, 0.6) is 5.75 Å². The van der Waals surface area contributed by atoms with Crippen molar-refractivity contribution in [2.24, 2.45) is 0 Å².